The number of imidazole rings is 1. The van der Waals surface area contributed by atoms with Crippen molar-refractivity contribution in [3.63, 3.8) is 0 Å². The molecule has 3 aromatic heterocycles. The van der Waals surface area contributed by atoms with Crippen LogP contribution in [0.3, 0.4) is 0 Å². The Labute approximate surface area is 397 Å². The van der Waals surface area contributed by atoms with Gasteiger partial charge in [-0.3, -0.25) is 0 Å². The van der Waals surface area contributed by atoms with Crippen LogP contribution in [0.4, 0.5) is 0 Å². The van der Waals surface area contributed by atoms with Crippen molar-refractivity contribution in [2.45, 2.75) is 71.3 Å². The second-order valence-corrected chi connectivity index (χ2v) is 20.3. The number of pyridine rings is 1. The number of aromatic nitrogens is 4. The number of nitrogens with zero attached hydrogens (tertiary/aromatic N) is 4. The molecule has 1 aliphatic rings. The third kappa shape index (κ3) is 7.22. The predicted octanol–water partition coefficient (Wildman–Crippen LogP) is 15.3. The summed E-state index contributed by atoms with van der Waals surface area (Å²) in [6.45, 7) is 13.3. The fourth-order valence-corrected chi connectivity index (χ4v) is 10.8. The van der Waals surface area contributed by atoms with Crippen LogP contribution in [-0.2, 0) is 36.6 Å². The van der Waals surface area contributed by atoms with Gasteiger partial charge in [-0.05, 0) is 29.2 Å². The summed E-state index contributed by atoms with van der Waals surface area (Å²) in [5.74, 6) is 1.87. The molecule has 5 nitrogen and oxygen atoms in total. The normalized spacial score (nSPS) is 15.0. The summed E-state index contributed by atoms with van der Waals surface area (Å²) in [6.07, 6.45) is 3.63. The minimum atomic E-state index is -0.282. The zero-order chi connectivity index (χ0) is 48.1. The van der Waals surface area contributed by atoms with Gasteiger partial charge in [-0.25, -0.2) is 4.98 Å². The molecule has 0 radical (unpaired) electrons. The maximum absolute atomic E-state index is 9.09. The molecule has 0 aliphatic heterocycles. The molecule has 3 heterocycles. The molecule has 324 valence electrons. The Morgan fingerprint density at radius 2 is 1.23 bits per heavy atom. The average Bonchev–Trinajstić information content (AvgIpc) is 4.01. The standard InChI is InChI=1S/C59H52N4O.Pt/c1-58(2,3)42-31-32-60-56(35-42)63-52-22-14-13-21-46(52)47-29-28-45(37-55(47)63)64-44-27-25-41-26-30-51(48(41)36-44)61-38-62(54-24-16-15-23-53(54)61)57-49(39-17-9-7-10-18-39)33-43(59(4,5)6)34-50(57)40-19-11-8-12-20-40;/h7-25,27-29,31-37,51H,26,30H2,1-6H3;/i13D,14D,21D,22D;. The number of hydrogen-bond donors (Lipinski definition) is 0. The molecule has 0 amide bonds. The molecule has 1 atom stereocenters. The molecule has 1 aliphatic carbocycles. The van der Waals surface area contributed by atoms with Crippen LogP contribution in [0.2, 0.25) is 0 Å². The molecule has 0 spiro atoms. The van der Waals surface area contributed by atoms with Gasteiger partial charge in [0, 0.05) is 6.20 Å². The van der Waals surface area contributed by atoms with Gasteiger partial charge >= 0.3 is 315 Å². The first-order valence-corrected chi connectivity index (χ1v) is 23.5. The molecule has 0 fully saturated rings. The summed E-state index contributed by atoms with van der Waals surface area (Å²) in [5, 5.41) is 1.15. The van der Waals surface area contributed by atoms with Gasteiger partial charge < -0.3 is 0 Å². The first-order valence-electron chi connectivity index (χ1n) is 24.4. The summed E-state index contributed by atoms with van der Waals surface area (Å²) in [7, 11) is 0. The van der Waals surface area contributed by atoms with Crippen LogP contribution in [0.1, 0.15) is 81.7 Å². The van der Waals surface area contributed by atoms with Gasteiger partial charge in [0.25, 0.3) is 0 Å². The molecular weight excluding hydrogens is 976 g/mol. The van der Waals surface area contributed by atoms with Crippen molar-refractivity contribution in [1.82, 2.24) is 18.7 Å². The van der Waals surface area contributed by atoms with Crippen LogP contribution in [0.5, 0.6) is 11.5 Å². The van der Waals surface area contributed by atoms with Gasteiger partial charge in [0.2, 0.25) is 0 Å². The van der Waals surface area contributed by atoms with Crippen molar-refractivity contribution in [2.75, 3.05) is 0 Å². The van der Waals surface area contributed by atoms with Crippen molar-refractivity contribution in [1.29, 1.82) is 0 Å². The predicted molar refractivity (Wildman–Crippen MR) is 264 cm³/mol. The Bertz CT molecular complexity index is 3690. The third-order valence-corrected chi connectivity index (χ3v) is 14.1. The zero-order valence-corrected chi connectivity index (χ0v) is 39.7. The number of aryl methyl sites for hydroxylation is 1. The first-order chi connectivity index (χ1) is 33.1. The van der Waals surface area contributed by atoms with Crippen LogP contribution in [0.15, 0.2) is 176 Å². The zero-order valence-electron chi connectivity index (χ0n) is 41.4. The molecule has 1 unspecified atom stereocenters. The molecule has 10 aromatic rings. The number of fused-ring (bicyclic) bond motifs is 5. The first kappa shape index (κ1) is 36.8. The van der Waals surface area contributed by atoms with E-state index in [1.807, 2.05) is 41.0 Å². The van der Waals surface area contributed by atoms with Gasteiger partial charge in [-0.1, -0.05) is 38.9 Å². The molecule has 0 bridgehead atoms. The second kappa shape index (κ2) is 15.9. The van der Waals surface area contributed by atoms with Crippen molar-refractivity contribution < 1.29 is 29.6 Å². The number of ether oxygens (including phenoxy) is 1. The van der Waals surface area contributed by atoms with Gasteiger partial charge in [0.15, 0.2) is 0 Å². The number of rotatable bonds is 7. The van der Waals surface area contributed by atoms with Crippen LogP contribution >= 0.6 is 0 Å². The fourth-order valence-electron chi connectivity index (χ4n) is 9.66. The van der Waals surface area contributed by atoms with E-state index >= 15 is 0 Å². The van der Waals surface area contributed by atoms with E-state index in [2.05, 4.69) is 179 Å². The Morgan fingerprint density at radius 1 is 0.600 bits per heavy atom. The van der Waals surface area contributed by atoms with E-state index in [9.17, 15) is 0 Å². The summed E-state index contributed by atoms with van der Waals surface area (Å²) >= 11 is 2.56. The maximum atomic E-state index is 9.09. The van der Waals surface area contributed by atoms with Crippen molar-refractivity contribution in [2.24, 2.45) is 0 Å². The van der Waals surface area contributed by atoms with Gasteiger partial charge in [-0.15, -0.1) is 0 Å². The minimum Gasteiger partial charge on any atom is -0.239 e. The van der Waals surface area contributed by atoms with Gasteiger partial charge in [-0.2, -0.15) is 0 Å². The Kier molecular flexibility index (Phi) is 8.96. The molecule has 65 heavy (non-hydrogen) atoms. The average molecular weight is 1030 g/mol. The fraction of sp³-hybridized carbons (Fsp3) is 0.186. The SMILES string of the molecule is [2H]c1c([2H])c([2H])c2c(c1[2H])c1ccc(Oc3ccc4c(c3)C(n3[c](=[Pt])n(-c5c(-c6ccccc6)cc(C(C)(C)C)cc5-c5ccccc5)c5ccccc53)CC4)cc1n2-c1cc(C(C)(C)C)ccn1. The summed E-state index contributed by atoms with van der Waals surface area (Å²) < 4.78 is 50.1. The third-order valence-electron chi connectivity index (χ3n) is 13.0. The van der Waals surface area contributed by atoms with E-state index < -0.39 is 0 Å². The quantitative estimate of drug-likeness (QED) is 0.159. The van der Waals surface area contributed by atoms with Crippen molar-refractivity contribution in [3.8, 4) is 45.3 Å². The van der Waals surface area contributed by atoms with E-state index in [-0.39, 0.29) is 41.0 Å². The molecule has 0 saturated heterocycles. The van der Waals surface area contributed by atoms with Gasteiger partial charge in [0.1, 0.15) is 0 Å². The number of hydrogen-bond acceptors (Lipinski definition) is 2. The van der Waals surface area contributed by atoms with Crippen molar-refractivity contribution >= 4 is 32.8 Å². The van der Waals surface area contributed by atoms with Gasteiger partial charge in [0.05, 0.1) is 5.48 Å². The van der Waals surface area contributed by atoms with E-state index in [4.69, 9.17) is 15.2 Å². The minimum absolute atomic E-state index is 0.0339. The molecule has 6 heteroatoms. The number of para-hydroxylation sites is 3. The number of benzene rings is 7. The Balaban J connectivity index is 1.06. The van der Waals surface area contributed by atoms with E-state index in [0.29, 0.717) is 39.1 Å². The monoisotopic (exact) mass is 1030 g/mol. The smallest absolute Gasteiger partial charge is 0.239 e. The van der Waals surface area contributed by atoms with E-state index in [1.165, 1.54) is 38.9 Å². The van der Waals surface area contributed by atoms with Crippen molar-refractivity contribution in [3.05, 3.63) is 202 Å². The second-order valence-electron chi connectivity index (χ2n) is 19.2. The van der Waals surface area contributed by atoms with Crippen LogP contribution < -0.4 is 4.74 Å². The van der Waals surface area contributed by atoms with E-state index in [1.54, 1.807) is 6.20 Å². The Morgan fingerprint density at radius 3 is 1.92 bits per heavy atom. The molecular formula is C59H52N4OPt. The van der Waals surface area contributed by atoms with E-state index in [0.717, 1.165) is 38.9 Å². The summed E-state index contributed by atoms with van der Waals surface area (Å²) in [6, 6.07) is 50.6. The summed E-state index contributed by atoms with van der Waals surface area (Å²) in [5.41, 5.74) is 13.8. The Hall–Kier alpha value is -6.55. The summed E-state index contributed by atoms with van der Waals surface area (Å²) in [4.78, 5) is 4.78. The topological polar surface area (TPSA) is 36.9 Å². The van der Waals surface area contributed by atoms with Crippen LogP contribution in [0, 0.1) is 3.80 Å². The van der Waals surface area contributed by atoms with Crippen LogP contribution in [0.25, 0.3) is 66.6 Å². The molecule has 7 aromatic carbocycles. The molecule has 11 rings (SSSR count). The molecule has 0 saturated carbocycles. The van der Waals surface area contributed by atoms with Crippen LogP contribution in [-0.4, -0.2) is 18.7 Å². The molecule has 0 N–H and O–H groups in total.